The second-order valence-electron chi connectivity index (χ2n) is 7.92. The molecule has 3 atom stereocenters. The van der Waals surface area contributed by atoms with Crippen LogP contribution in [0.25, 0.3) is 0 Å². The van der Waals surface area contributed by atoms with Crippen molar-refractivity contribution in [3.05, 3.63) is 18.2 Å². The summed E-state index contributed by atoms with van der Waals surface area (Å²) >= 11 is 0. The molecule has 0 bridgehead atoms. The van der Waals surface area contributed by atoms with Crippen molar-refractivity contribution < 1.29 is 32.3 Å². The van der Waals surface area contributed by atoms with Crippen LogP contribution >= 0.6 is 0 Å². The molecule has 1 aliphatic rings. The number of ether oxygens (including phenoxy) is 2. The van der Waals surface area contributed by atoms with Crippen LogP contribution in [0.15, 0.2) is 23.1 Å². The third kappa shape index (κ3) is 3.76. The molecule has 1 unspecified atom stereocenters. The van der Waals surface area contributed by atoms with E-state index in [4.69, 9.17) is 9.47 Å². The van der Waals surface area contributed by atoms with Crippen molar-refractivity contribution in [3.8, 4) is 11.5 Å². The molecular formula is C18H29N2O6S+. The van der Waals surface area contributed by atoms with Gasteiger partial charge in [0.25, 0.3) is 0 Å². The average Bonchev–Trinajstić information content (AvgIpc) is 2.90. The summed E-state index contributed by atoms with van der Waals surface area (Å²) in [6.45, 7) is 7.60. The fraction of sp³-hybridized carbons (Fsp3) is 0.611. The lowest BCUT2D eigenvalue weighted by atomic mass is 10.0. The zero-order valence-electron chi connectivity index (χ0n) is 16.6. The van der Waals surface area contributed by atoms with Crippen LogP contribution in [-0.4, -0.2) is 62.5 Å². The van der Waals surface area contributed by atoms with Gasteiger partial charge in [-0.1, -0.05) is 0 Å². The van der Waals surface area contributed by atoms with E-state index in [1.54, 1.807) is 6.07 Å². The lowest BCUT2D eigenvalue weighted by Crippen LogP contribution is -2.65. The number of rotatable bonds is 5. The third-order valence-corrected chi connectivity index (χ3v) is 6.95. The maximum Gasteiger partial charge on any atom is 0.514 e. The Bertz CT molecular complexity index is 818. The molecule has 1 aromatic carbocycles. The van der Waals surface area contributed by atoms with Crippen molar-refractivity contribution in [1.29, 1.82) is 0 Å². The van der Waals surface area contributed by atoms with Crippen LogP contribution in [0.2, 0.25) is 0 Å². The summed E-state index contributed by atoms with van der Waals surface area (Å²) in [4.78, 5) is 12.1. The van der Waals surface area contributed by atoms with Gasteiger partial charge in [0.1, 0.15) is 28.5 Å². The molecule has 2 N–H and O–H groups in total. The highest BCUT2D eigenvalue weighted by atomic mass is 32.2. The number of hydrogen-bond donors (Lipinski definition) is 2. The molecule has 1 aromatic rings. The Hall–Kier alpha value is -1.84. The van der Waals surface area contributed by atoms with E-state index in [0.29, 0.717) is 12.2 Å². The Balaban J connectivity index is 2.36. The van der Waals surface area contributed by atoms with Gasteiger partial charge in [0, 0.05) is 12.5 Å². The zero-order chi connectivity index (χ0) is 20.6. The van der Waals surface area contributed by atoms with Crippen molar-refractivity contribution in [1.82, 2.24) is 4.72 Å². The molecule has 8 nitrogen and oxygen atoms in total. The number of nitrogens with zero attached hydrogens (tertiary/aromatic N) is 1. The molecule has 0 aliphatic carbocycles. The lowest BCUT2D eigenvalue weighted by Gasteiger charge is -2.43. The number of hydrogen-bond acceptors (Lipinski definition) is 5. The van der Waals surface area contributed by atoms with Gasteiger partial charge < -0.3 is 14.6 Å². The molecule has 152 valence electrons. The molecule has 2 rings (SSSR count). The minimum absolute atomic E-state index is 0.0342. The van der Waals surface area contributed by atoms with Crippen molar-refractivity contribution in [2.45, 2.75) is 56.6 Å². The quantitative estimate of drug-likeness (QED) is 0.735. The highest BCUT2D eigenvalue weighted by Gasteiger charge is 2.58. The first-order valence-corrected chi connectivity index (χ1v) is 10.2. The largest absolute Gasteiger partial charge is 0.514 e. The number of carbonyl (C=O) groups is 1. The molecule has 0 aromatic heterocycles. The fourth-order valence-corrected chi connectivity index (χ4v) is 5.47. The van der Waals surface area contributed by atoms with Crippen molar-refractivity contribution in [2.75, 3.05) is 20.8 Å². The summed E-state index contributed by atoms with van der Waals surface area (Å²) in [6, 6.07) is 3.79. The summed E-state index contributed by atoms with van der Waals surface area (Å²) in [6.07, 6.45) is -0.523. The molecule has 27 heavy (non-hydrogen) atoms. The summed E-state index contributed by atoms with van der Waals surface area (Å²) in [5.74, 6) is 0.588. The van der Waals surface area contributed by atoms with Gasteiger partial charge in [0.15, 0.2) is 0 Å². The molecule has 9 heteroatoms. The van der Waals surface area contributed by atoms with Gasteiger partial charge in [-0.3, -0.25) is 0 Å². The second kappa shape index (κ2) is 7.29. The molecule has 1 fully saturated rings. The van der Waals surface area contributed by atoms with Crippen LogP contribution in [0.3, 0.4) is 0 Å². The fourth-order valence-electron chi connectivity index (χ4n) is 4.04. The Morgan fingerprint density at radius 3 is 2.33 bits per heavy atom. The Morgan fingerprint density at radius 2 is 1.89 bits per heavy atom. The van der Waals surface area contributed by atoms with Crippen molar-refractivity contribution >= 4 is 16.1 Å². The summed E-state index contributed by atoms with van der Waals surface area (Å²) in [5.41, 5.74) is -0.570. The van der Waals surface area contributed by atoms with E-state index in [9.17, 15) is 18.3 Å². The number of benzene rings is 1. The van der Waals surface area contributed by atoms with Gasteiger partial charge in [-0.05, 0) is 39.8 Å². The van der Waals surface area contributed by atoms with Gasteiger partial charge >= 0.3 is 6.09 Å². The Kier molecular flexibility index (Phi) is 5.79. The highest BCUT2D eigenvalue weighted by Crippen LogP contribution is 2.38. The van der Waals surface area contributed by atoms with Gasteiger partial charge in [-0.15, -0.1) is 0 Å². The van der Waals surface area contributed by atoms with Crippen LogP contribution in [0.1, 0.15) is 34.1 Å². The summed E-state index contributed by atoms with van der Waals surface area (Å²) in [5, 5.41) is 9.91. The molecule has 1 heterocycles. The first kappa shape index (κ1) is 21.5. The van der Waals surface area contributed by atoms with Gasteiger partial charge in [-0.25, -0.2) is 17.6 Å². The number of amides is 1. The maximum absolute atomic E-state index is 13.0. The Morgan fingerprint density at radius 1 is 1.26 bits per heavy atom. The van der Waals surface area contributed by atoms with Crippen LogP contribution in [0, 0.1) is 0 Å². The predicted octanol–water partition coefficient (Wildman–Crippen LogP) is 2.44. The van der Waals surface area contributed by atoms with Crippen LogP contribution in [-0.2, 0) is 10.0 Å². The molecule has 1 aliphatic heterocycles. The third-order valence-electron chi connectivity index (χ3n) is 5.41. The van der Waals surface area contributed by atoms with E-state index in [1.165, 1.54) is 26.4 Å². The molecule has 0 radical (unpaired) electrons. The van der Waals surface area contributed by atoms with E-state index >= 15 is 0 Å². The van der Waals surface area contributed by atoms with Crippen LogP contribution < -0.4 is 14.2 Å². The minimum atomic E-state index is -3.92. The van der Waals surface area contributed by atoms with E-state index in [0.717, 1.165) is 0 Å². The van der Waals surface area contributed by atoms with Gasteiger partial charge in [0.05, 0.1) is 26.3 Å². The SMILES string of the molecule is COc1ccc(OC)c(S(=O)(=O)N[C@@H]2C[C@H](C)[N+](C(=O)O)(C(C)(C)C)C2)c1. The number of likely N-dealkylation sites (tertiary alicyclic amines) is 1. The standard InChI is InChI=1S/C18H28N2O6S/c1-12-9-13(11-20(12,17(21)22)18(2,3)4)19-27(23,24)16-10-14(25-5)7-8-15(16)26-6/h7-8,10,12-13,19H,9,11H2,1-6H3/p+1/t12-,13+,20?/m0/s1. The molecular weight excluding hydrogens is 372 g/mol. The number of methoxy groups -OCH3 is 2. The zero-order valence-corrected chi connectivity index (χ0v) is 17.5. The number of quaternary nitrogens is 1. The maximum atomic E-state index is 13.0. The smallest absolute Gasteiger partial charge is 0.497 e. The summed E-state index contributed by atoms with van der Waals surface area (Å²) in [7, 11) is -1.08. The van der Waals surface area contributed by atoms with Crippen LogP contribution in [0.5, 0.6) is 11.5 Å². The number of nitrogens with one attached hydrogen (secondary N) is 1. The molecule has 1 amide bonds. The average molecular weight is 402 g/mol. The van der Waals surface area contributed by atoms with Crippen LogP contribution in [0.4, 0.5) is 4.79 Å². The second-order valence-corrected chi connectivity index (χ2v) is 9.61. The van der Waals surface area contributed by atoms with Gasteiger partial charge in [-0.2, -0.15) is 4.79 Å². The Labute approximate surface area is 160 Å². The first-order valence-electron chi connectivity index (χ1n) is 8.74. The molecule has 0 spiro atoms. The number of sulfonamides is 1. The number of carboxylic acid groups (broad SMARTS) is 1. The van der Waals surface area contributed by atoms with E-state index in [1.807, 2.05) is 27.7 Å². The lowest BCUT2D eigenvalue weighted by molar-refractivity contribution is -0.913. The molecule has 0 saturated carbocycles. The van der Waals surface area contributed by atoms with E-state index < -0.39 is 27.7 Å². The van der Waals surface area contributed by atoms with Gasteiger partial charge in [0.2, 0.25) is 10.0 Å². The topological polar surface area (TPSA) is 102 Å². The van der Waals surface area contributed by atoms with E-state index in [-0.39, 0.29) is 27.7 Å². The monoisotopic (exact) mass is 401 g/mol. The van der Waals surface area contributed by atoms with Crippen molar-refractivity contribution in [2.24, 2.45) is 0 Å². The first-order chi connectivity index (χ1) is 12.4. The normalized spacial score (nSPS) is 26.0. The highest BCUT2D eigenvalue weighted by molar-refractivity contribution is 7.89. The van der Waals surface area contributed by atoms with E-state index in [2.05, 4.69) is 4.72 Å². The summed E-state index contributed by atoms with van der Waals surface area (Å²) < 4.78 is 38.7. The van der Waals surface area contributed by atoms with Crippen molar-refractivity contribution in [3.63, 3.8) is 0 Å². The molecule has 1 saturated heterocycles. The predicted molar refractivity (Wildman–Crippen MR) is 101 cm³/mol. The minimum Gasteiger partial charge on any atom is -0.497 e.